The normalized spacial score (nSPS) is 24.7. The van der Waals surface area contributed by atoms with Gasteiger partial charge in [0.2, 0.25) is 0 Å². The Bertz CT molecular complexity index is 774. The zero-order valence-corrected chi connectivity index (χ0v) is 13.0. The molecule has 0 fully saturated rings. The van der Waals surface area contributed by atoms with Gasteiger partial charge in [-0.15, -0.1) is 0 Å². The third-order valence-corrected chi connectivity index (χ3v) is 5.98. The average Bonchev–Trinajstić information content (AvgIpc) is 2.47. The summed E-state index contributed by atoms with van der Waals surface area (Å²) in [6, 6.07) is 15.4. The van der Waals surface area contributed by atoms with Crippen molar-refractivity contribution in [3.05, 3.63) is 65.7 Å². The lowest BCUT2D eigenvalue weighted by Crippen LogP contribution is -2.45. The Balaban J connectivity index is 2.01. The highest BCUT2D eigenvalue weighted by molar-refractivity contribution is 7.91. The highest BCUT2D eigenvalue weighted by atomic mass is 32.2. The lowest BCUT2D eigenvalue weighted by molar-refractivity contribution is 0.0362. The first kappa shape index (κ1) is 15.2. The van der Waals surface area contributed by atoms with Gasteiger partial charge in [-0.2, -0.15) is 0 Å². The quantitative estimate of drug-likeness (QED) is 0.901. The molecule has 0 radical (unpaired) electrons. The summed E-state index contributed by atoms with van der Waals surface area (Å²) in [5.74, 6) is -0.352. The SMILES string of the molecule is N[C@@H]1Cc2ccccc2[C@@](O)(CS(=O)(=O)c2ccccc2)C1. The molecule has 0 aliphatic heterocycles. The van der Waals surface area contributed by atoms with Crippen LogP contribution in [0.25, 0.3) is 0 Å². The van der Waals surface area contributed by atoms with Gasteiger partial charge < -0.3 is 10.8 Å². The maximum atomic E-state index is 12.6. The Morgan fingerprint density at radius 3 is 2.45 bits per heavy atom. The third-order valence-electron chi connectivity index (χ3n) is 4.13. The van der Waals surface area contributed by atoms with Crippen LogP contribution in [0, 0.1) is 0 Å². The summed E-state index contributed by atoms with van der Waals surface area (Å²) in [5.41, 5.74) is 6.19. The summed E-state index contributed by atoms with van der Waals surface area (Å²) < 4.78 is 25.2. The van der Waals surface area contributed by atoms with Gasteiger partial charge in [0.25, 0.3) is 0 Å². The molecule has 0 unspecified atom stereocenters. The maximum Gasteiger partial charge on any atom is 0.181 e. The monoisotopic (exact) mass is 317 g/mol. The molecule has 3 rings (SSSR count). The molecule has 0 heterocycles. The second-order valence-electron chi connectivity index (χ2n) is 5.93. The van der Waals surface area contributed by atoms with Crippen molar-refractivity contribution in [2.45, 2.75) is 29.4 Å². The van der Waals surface area contributed by atoms with E-state index in [2.05, 4.69) is 0 Å². The van der Waals surface area contributed by atoms with Gasteiger partial charge in [0.1, 0.15) is 5.60 Å². The second-order valence-corrected chi connectivity index (χ2v) is 7.92. The minimum atomic E-state index is -3.59. The lowest BCUT2D eigenvalue weighted by atomic mass is 9.78. The zero-order valence-electron chi connectivity index (χ0n) is 12.1. The number of nitrogens with two attached hydrogens (primary N) is 1. The van der Waals surface area contributed by atoms with Crippen LogP contribution in [0.2, 0.25) is 0 Å². The molecule has 22 heavy (non-hydrogen) atoms. The van der Waals surface area contributed by atoms with E-state index in [4.69, 9.17) is 5.73 Å². The van der Waals surface area contributed by atoms with Gasteiger partial charge in [0.05, 0.1) is 10.6 Å². The predicted molar refractivity (Wildman–Crippen MR) is 85.1 cm³/mol. The molecule has 5 heteroatoms. The maximum absolute atomic E-state index is 12.6. The van der Waals surface area contributed by atoms with Crippen molar-refractivity contribution in [2.24, 2.45) is 5.73 Å². The van der Waals surface area contributed by atoms with E-state index >= 15 is 0 Å². The van der Waals surface area contributed by atoms with Crippen LogP contribution in [0.1, 0.15) is 17.5 Å². The molecule has 0 aromatic heterocycles. The minimum absolute atomic E-state index is 0.222. The molecule has 0 saturated carbocycles. The summed E-state index contributed by atoms with van der Waals surface area (Å²) in [5, 5.41) is 11.0. The topological polar surface area (TPSA) is 80.4 Å². The van der Waals surface area contributed by atoms with Crippen molar-refractivity contribution in [3.8, 4) is 0 Å². The average molecular weight is 317 g/mol. The van der Waals surface area contributed by atoms with Gasteiger partial charge in [0, 0.05) is 6.04 Å². The molecule has 1 aliphatic carbocycles. The van der Waals surface area contributed by atoms with Crippen LogP contribution < -0.4 is 5.73 Å². The second kappa shape index (κ2) is 5.50. The van der Waals surface area contributed by atoms with Crippen molar-refractivity contribution in [1.82, 2.24) is 0 Å². The minimum Gasteiger partial charge on any atom is -0.384 e. The molecule has 2 aromatic carbocycles. The summed E-state index contributed by atoms with van der Waals surface area (Å²) in [6.07, 6.45) is 0.903. The van der Waals surface area contributed by atoms with E-state index in [-0.39, 0.29) is 23.1 Å². The van der Waals surface area contributed by atoms with E-state index in [9.17, 15) is 13.5 Å². The summed E-state index contributed by atoms with van der Waals surface area (Å²) >= 11 is 0. The molecule has 0 amide bonds. The molecule has 0 saturated heterocycles. The van der Waals surface area contributed by atoms with Crippen molar-refractivity contribution < 1.29 is 13.5 Å². The molecule has 4 nitrogen and oxygen atoms in total. The van der Waals surface area contributed by atoms with Crippen LogP contribution in [-0.4, -0.2) is 25.3 Å². The summed E-state index contributed by atoms with van der Waals surface area (Å²) in [7, 11) is -3.59. The number of hydrogen-bond acceptors (Lipinski definition) is 4. The largest absolute Gasteiger partial charge is 0.384 e. The van der Waals surface area contributed by atoms with Crippen LogP contribution in [0.5, 0.6) is 0 Å². The molecular formula is C17H19NO3S. The fourth-order valence-electron chi connectivity index (χ4n) is 3.21. The Morgan fingerprint density at radius 1 is 1.09 bits per heavy atom. The number of rotatable bonds is 3. The molecule has 1 aliphatic rings. The van der Waals surface area contributed by atoms with Crippen LogP contribution in [0.3, 0.4) is 0 Å². The van der Waals surface area contributed by atoms with Crippen LogP contribution in [-0.2, 0) is 21.9 Å². The standard InChI is InChI=1S/C17H19NO3S/c18-14-10-13-6-4-5-9-16(13)17(19,11-14)12-22(20,21)15-7-2-1-3-8-15/h1-9,14,19H,10-12,18H2/t14-,17+/m1/s1. The van der Waals surface area contributed by atoms with Crippen LogP contribution >= 0.6 is 0 Å². The lowest BCUT2D eigenvalue weighted by Gasteiger charge is -2.37. The first-order valence-corrected chi connectivity index (χ1v) is 8.90. The zero-order chi connectivity index (χ0) is 15.8. The number of fused-ring (bicyclic) bond motifs is 1. The van der Waals surface area contributed by atoms with Gasteiger partial charge in [-0.25, -0.2) is 8.42 Å². The molecular weight excluding hydrogens is 298 g/mol. The van der Waals surface area contributed by atoms with Crippen molar-refractivity contribution in [3.63, 3.8) is 0 Å². The van der Waals surface area contributed by atoms with Crippen molar-refractivity contribution in [1.29, 1.82) is 0 Å². The van der Waals surface area contributed by atoms with Crippen molar-refractivity contribution in [2.75, 3.05) is 5.75 Å². The van der Waals surface area contributed by atoms with E-state index in [1.54, 1.807) is 36.4 Å². The predicted octanol–water partition coefficient (Wildman–Crippen LogP) is 1.62. The first-order chi connectivity index (χ1) is 10.4. The smallest absolute Gasteiger partial charge is 0.181 e. The fourth-order valence-corrected chi connectivity index (χ4v) is 4.85. The van der Waals surface area contributed by atoms with Crippen molar-refractivity contribution >= 4 is 9.84 Å². The van der Waals surface area contributed by atoms with Gasteiger partial charge in [0.15, 0.2) is 9.84 Å². The molecule has 0 spiro atoms. The Hall–Kier alpha value is -1.69. The molecule has 2 atom stereocenters. The van der Waals surface area contributed by atoms with Gasteiger partial charge in [-0.05, 0) is 36.1 Å². The Labute approximate surface area is 130 Å². The van der Waals surface area contributed by atoms with E-state index in [0.29, 0.717) is 12.0 Å². The van der Waals surface area contributed by atoms with Crippen LogP contribution in [0.15, 0.2) is 59.5 Å². The van der Waals surface area contributed by atoms with E-state index in [0.717, 1.165) is 5.56 Å². The summed E-state index contributed by atoms with van der Waals surface area (Å²) in [4.78, 5) is 0.222. The number of sulfone groups is 1. The Kier molecular flexibility index (Phi) is 3.80. The number of aliphatic hydroxyl groups is 1. The first-order valence-electron chi connectivity index (χ1n) is 7.25. The number of benzene rings is 2. The summed E-state index contributed by atoms with van der Waals surface area (Å²) in [6.45, 7) is 0. The van der Waals surface area contributed by atoms with E-state index in [1.165, 1.54) is 0 Å². The molecule has 2 aromatic rings. The van der Waals surface area contributed by atoms with Gasteiger partial charge in [-0.1, -0.05) is 42.5 Å². The van der Waals surface area contributed by atoms with E-state index < -0.39 is 15.4 Å². The molecule has 0 bridgehead atoms. The Morgan fingerprint density at radius 2 is 1.73 bits per heavy atom. The highest BCUT2D eigenvalue weighted by Gasteiger charge is 2.41. The molecule has 116 valence electrons. The van der Waals surface area contributed by atoms with Gasteiger partial charge >= 0.3 is 0 Å². The number of hydrogen-bond donors (Lipinski definition) is 2. The van der Waals surface area contributed by atoms with E-state index in [1.807, 2.05) is 18.2 Å². The van der Waals surface area contributed by atoms with Crippen LogP contribution in [0.4, 0.5) is 0 Å². The fraction of sp³-hybridized carbons (Fsp3) is 0.294. The highest BCUT2D eigenvalue weighted by Crippen LogP contribution is 2.37. The third kappa shape index (κ3) is 2.79. The van der Waals surface area contributed by atoms with Gasteiger partial charge in [-0.3, -0.25) is 0 Å². The molecule has 3 N–H and O–H groups in total.